The van der Waals surface area contributed by atoms with Crippen molar-refractivity contribution in [2.75, 3.05) is 12.4 Å². The highest BCUT2D eigenvalue weighted by Gasteiger charge is 2.03. The van der Waals surface area contributed by atoms with E-state index in [0.29, 0.717) is 22.4 Å². The van der Waals surface area contributed by atoms with Gasteiger partial charge in [0.05, 0.1) is 11.6 Å². The lowest BCUT2D eigenvalue weighted by Gasteiger charge is -2.07. The van der Waals surface area contributed by atoms with Gasteiger partial charge in [-0.1, -0.05) is 35.0 Å². The molecule has 2 rings (SSSR count). The second-order valence-corrected chi connectivity index (χ2v) is 5.21. The maximum atomic E-state index is 5.98. The van der Waals surface area contributed by atoms with Crippen LogP contribution in [0.2, 0.25) is 10.0 Å². The molecule has 94 valence electrons. The highest BCUT2D eigenvalue weighted by molar-refractivity contribution is 7.99. The molecule has 2 aromatic rings. The lowest BCUT2D eigenvalue weighted by Crippen LogP contribution is -2.01. The molecule has 0 fully saturated rings. The summed E-state index contributed by atoms with van der Waals surface area (Å²) in [6.45, 7) is 0.517. The van der Waals surface area contributed by atoms with Gasteiger partial charge in [0.25, 0.3) is 0 Å². The van der Waals surface area contributed by atoms with Gasteiger partial charge in [0, 0.05) is 29.2 Å². The molecule has 0 N–H and O–H groups in total. The Morgan fingerprint density at radius 2 is 1.94 bits per heavy atom. The van der Waals surface area contributed by atoms with Crippen LogP contribution in [0.1, 0.15) is 0 Å². The lowest BCUT2D eigenvalue weighted by molar-refractivity contribution is 0.344. The van der Waals surface area contributed by atoms with E-state index in [1.165, 1.54) is 11.8 Å². The summed E-state index contributed by atoms with van der Waals surface area (Å²) in [5.41, 5.74) is 0. The summed E-state index contributed by atoms with van der Waals surface area (Å²) >= 11 is 13.4. The van der Waals surface area contributed by atoms with Gasteiger partial charge in [-0.2, -0.15) is 0 Å². The molecule has 0 radical (unpaired) electrons. The Hall–Kier alpha value is -0.970. The number of aromatic nitrogens is 2. The van der Waals surface area contributed by atoms with E-state index in [4.69, 9.17) is 27.9 Å². The SMILES string of the molecule is Clc1ccc(Cl)c(OCCSc2ncccn2)c1. The van der Waals surface area contributed by atoms with E-state index in [2.05, 4.69) is 9.97 Å². The third kappa shape index (κ3) is 4.05. The fraction of sp³-hybridized carbons (Fsp3) is 0.167. The zero-order valence-electron chi connectivity index (χ0n) is 9.35. The van der Waals surface area contributed by atoms with Crippen LogP contribution in [0, 0.1) is 0 Å². The van der Waals surface area contributed by atoms with Crippen LogP contribution in [0.15, 0.2) is 41.8 Å². The number of rotatable bonds is 5. The van der Waals surface area contributed by atoms with Gasteiger partial charge in [-0.15, -0.1) is 0 Å². The number of thioether (sulfide) groups is 1. The lowest BCUT2D eigenvalue weighted by atomic mass is 10.3. The average Bonchev–Trinajstić information content (AvgIpc) is 2.40. The molecule has 0 saturated carbocycles. The molecule has 6 heteroatoms. The standard InChI is InChI=1S/C12H10Cl2N2OS/c13-9-2-3-10(14)11(8-9)17-6-7-18-12-15-4-1-5-16-12/h1-5,8H,6-7H2. The van der Waals surface area contributed by atoms with Crippen molar-refractivity contribution in [1.29, 1.82) is 0 Å². The van der Waals surface area contributed by atoms with Gasteiger partial charge in [0.15, 0.2) is 5.16 Å². The Morgan fingerprint density at radius 1 is 1.17 bits per heavy atom. The molecule has 0 aliphatic carbocycles. The van der Waals surface area contributed by atoms with E-state index >= 15 is 0 Å². The third-order valence-electron chi connectivity index (χ3n) is 2.01. The summed E-state index contributed by atoms with van der Waals surface area (Å²) < 4.78 is 5.55. The molecule has 0 aliphatic heterocycles. The van der Waals surface area contributed by atoms with Crippen molar-refractivity contribution in [3.63, 3.8) is 0 Å². The minimum atomic E-state index is 0.517. The fourth-order valence-corrected chi connectivity index (χ4v) is 2.19. The number of hydrogen-bond donors (Lipinski definition) is 0. The molecule has 1 heterocycles. The summed E-state index contributed by atoms with van der Waals surface area (Å²) in [5, 5.41) is 1.90. The van der Waals surface area contributed by atoms with E-state index in [0.717, 1.165) is 10.9 Å². The zero-order chi connectivity index (χ0) is 12.8. The first-order chi connectivity index (χ1) is 8.75. The van der Waals surface area contributed by atoms with Crippen molar-refractivity contribution >= 4 is 35.0 Å². The smallest absolute Gasteiger partial charge is 0.187 e. The van der Waals surface area contributed by atoms with E-state index < -0.39 is 0 Å². The van der Waals surface area contributed by atoms with Gasteiger partial charge in [0.1, 0.15) is 5.75 Å². The van der Waals surface area contributed by atoms with Crippen LogP contribution in [0.4, 0.5) is 0 Å². The molecular formula is C12H10Cl2N2OS. The van der Waals surface area contributed by atoms with Crippen LogP contribution in [0.5, 0.6) is 5.75 Å². The van der Waals surface area contributed by atoms with Crippen LogP contribution < -0.4 is 4.74 Å². The summed E-state index contributed by atoms with van der Waals surface area (Å²) in [6, 6.07) is 6.93. The van der Waals surface area contributed by atoms with Gasteiger partial charge in [0.2, 0.25) is 0 Å². The zero-order valence-corrected chi connectivity index (χ0v) is 11.7. The van der Waals surface area contributed by atoms with Crippen LogP contribution in [-0.2, 0) is 0 Å². The molecule has 18 heavy (non-hydrogen) atoms. The number of nitrogens with zero attached hydrogens (tertiary/aromatic N) is 2. The quantitative estimate of drug-likeness (QED) is 0.476. The minimum absolute atomic E-state index is 0.517. The maximum Gasteiger partial charge on any atom is 0.187 e. The summed E-state index contributed by atoms with van der Waals surface area (Å²) in [7, 11) is 0. The Morgan fingerprint density at radius 3 is 2.72 bits per heavy atom. The van der Waals surface area contributed by atoms with Crippen molar-refractivity contribution < 1.29 is 4.74 Å². The molecule has 0 amide bonds. The second kappa shape index (κ2) is 6.83. The van der Waals surface area contributed by atoms with Gasteiger partial charge in [-0.3, -0.25) is 0 Å². The van der Waals surface area contributed by atoms with Crippen molar-refractivity contribution in [1.82, 2.24) is 9.97 Å². The normalized spacial score (nSPS) is 10.3. The summed E-state index contributed by atoms with van der Waals surface area (Å²) in [5.74, 6) is 1.34. The number of halogens is 2. The molecule has 0 bridgehead atoms. The van der Waals surface area contributed by atoms with Gasteiger partial charge in [-0.25, -0.2) is 9.97 Å². The Kier molecular flexibility index (Phi) is 5.11. The molecular weight excluding hydrogens is 291 g/mol. The van der Waals surface area contributed by atoms with Gasteiger partial charge in [-0.05, 0) is 18.2 Å². The van der Waals surface area contributed by atoms with E-state index in [1.54, 1.807) is 36.7 Å². The minimum Gasteiger partial charge on any atom is -0.491 e. The number of hydrogen-bond acceptors (Lipinski definition) is 4. The van der Waals surface area contributed by atoms with Crippen molar-refractivity contribution in [2.45, 2.75) is 5.16 Å². The van der Waals surface area contributed by atoms with Crippen molar-refractivity contribution in [3.8, 4) is 5.75 Å². The van der Waals surface area contributed by atoms with Crippen LogP contribution in [0.3, 0.4) is 0 Å². The van der Waals surface area contributed by atoms with E-state index in [9.17, 15) is 0 Å². The third-order valence-corrected chi connectivity index (χ3v) is 3.39. The van der Waals surface area contributed by atoms with Crippen LogP contribution in [-0.4, -0.2) is 22.3 Å². The summed E-state index contributed by atoms with van der Waals surface area (Å²) in [6.07, 6.45) is 3.42. The molecule has 0 saturated heterocycles. The Bertz CT molecular complexity index is 511. The highest BCUT2D eigenvalue weighted by atomic mass is 35.5. The number of ether oxygens (including phenoxy) is 1. The maximum absolute atomic E-state index is 5.98. The molecule has 1 aromatic heterocycles. The van der Waals surface area contributed by atoms with Crippen LogP contribution in [0.25, 0.3) is 0 Å². The monoisotopic (exact) mass is 300 g/mol. The molecule has 0 atom stereocenters. The average molecular weight is 301 g/mol. The van der Waals surface area contributed by atoms with E-state index in [-0.39, 0.29) is 0 Å². The highest BCUT2D eigenvalue weighted by Crippen LogP contribution is 2.27. The predicted octanol–water partition coefficient (Wildman–Crippen LogP) is 3.95. The van der Waals surface area contributed by atoms with Crippen LogP contribution >= 0.6 is 35.0 Å². The first-order valence-corrected chi connectivity index (χ1v) is 6.97. The predicted molar refractivity (Wildman–Crippen MR) is 74.7 cm³/mol. The van der Waals surface area contributed by atoms with Gasteiger partial charge >= 0.3 is 0 Å². The molecule has 3 nitrogen and oxygen atoms in total. The Labute approximate surface area is 120 Å². The molecule has 1 aromatic carbocycles. The number of benzene rings is 1. The molecule has 0 spiro atoms. The second-order valence-electron chi connectivity index (χ2n) is 3.30. The summed E-state index contributed by atoms with van der Waals surface area (Å²) in [4.78, 5) is 8.21. The van der Waals surface area contributed by atoms with Crippen molar-refractivity contribution in [2.24, 2.45) is 0 Å². The first kappa shape index (κ1) is 13.5. The topological polar surface area (TPSA) is 35.0 Å². The van der Waals surface area contributed by atoms with Crippen molar-refractivity contribution in [3.05, 3.63) is 46.7 Å². The fourth-order valence-electron chi connectivity index (χ4n) is 1.23. The first-order valence-electron chi connectivity index (χ1n) is 5.23. The van der Waals surface area contributed by atoms with Gasteiger partial charge < -0.3 is 4.74 Å². The van der Waals surface area contributed by atoms with E-state index in [1.807, 2.05) is 0 Å². The Balaban J connectivity index is 1.80. The largest absolute Gasteiger partial charge is 0.491 e. The molecule has 0 aliphatic rings. The molecule has 0 unspecified atom stereocenters.